The number of nitrogens with zero attached hydrogens (tertiary/aromatic N) is 3. The molecule has 4 nitrogen and oxygen atoms in total. The highest BCUT2D eigenvalue weighted by atomic mass is 32.1. The van der Waals surface area contributed by atoms with E-state index >= 15 is 0 Å². The maximum atomic E-state index is 5.47. The molecule has 3 aromatic heterocycles. The molecule has 0 unspecified atom stereocenters. The van der Waals surface area contributed by atoms with Crippen LogP contribution in [0, 0.1) is 13.8 Å². The van der Waals surface area contributed by atoms with E-state index in [0.717, 1.165) is 44.1 Å². The van der Waals surface area contributed by atoms with Crippen molar-refractivity contribution in [3.8, 4) is 32.7 Å². The van der Waals surface area contributed by atoms with E-state index in [4.69, 9.17) is 9.72 Å². The minimum atomic E-state index is 0.844. The molecule has 0 aliphatic carbocycles. The Morgan fingerprint density at radius 1 is 1.08 bits per heavy atom. The minimum Gasteiger partial charge on any atom is -0.496 e. The van der Waals surface area contributed by atoms with Crippen LogP contribution >= 0.6 is 22.7 Å². The van der Waals surface area contributed by atoms with Crippen LogP contribution < -0.4 is 4.74 Å². The Bertz CT molecular complexity index is 1020. The van der Waals surface area contributed by atoms with Gasteiger partial charge in [-0.15, -0.1) is 22.7 Å². The van der Waals surface area contributed by atoms with Crippen LogP contribution in [0.5, 0.6) is 5.75 Å². The summed E-state index contributed by atoms with van der Waals surface area (Å²) < 4.78 is 7.65. The van der Waals surface area contributed by atoms with E-state index in [2.05, 4.69) is 34.8 Å². The highest BCUT2D eigenvalue weighted by molar-refractivity contribution is 7.13. The zero-order valence-corrected chi connectivity index (χ0v) is 15.8. The summed E-state index contributed by atoms with van der Waals surface area (Å²) in [5.41, 5.74) is 5.47. The van der Waals surface area contributed by atoms with Gasteiger partial charge in [0.15, 0.2) is 5.13 Å². The molecule has 0 aliphatic heterocycles. The second kappa shape index (κ2) is 6.46. The molecule has 0 aliphatic rings. The highest BCUT2D eigenvalue weighted by Gasteiger charge is 2.17. The molecule has 0 saturated heterocycles. The Hall–Kier alpha value is -2.44. The van der Waals surface area contributed by atoms with Gasteiger partial charge in [-0.25, -0.2) is 9.97 Å². The van der Waals surface area contributed by atoms with Crippen LogP contribution in [0.3, 0.4) is 0 Å². The van der Waals surface area contributed by atoms with Crippen LogP contribution in [0.4, 0.5) is 0 Å². The summed E-state index contributed by atoms with van der Waals surface area (Å²) in [4.78, 5) is 9.30. The van der Waals surface area contributed by atoms with Crippen molar-refractivity contribution in [3.63, 3.8) is 0 Å². The molecule has 0 fully saturated rings. The number of methoxy groups -OCH3 is 1. The maximum Gasteiger partial charge on any atom is 0.193 e. The molecule has 6 heteroatoms. The van der Waals surface area contributed by atoms with Crippen molar-refractivity contribution in [2.24, 2.45) is 0 Å². The third kappa shape index (κ3) is 2.77. The standard InChI is InChI=1S/C19H17N3OS2/c1-12-10-15(13(2)22(12)19-20-8-9-24-19)16-11-25-18(21-16)14-6-4-5-7-17(14)23-3/h4-11H,1-3H3. The number of hydrogen-bond donors (Lipinski definition) is 0. The molecule has 1 aromatic carbocycles. The Morgan fingerprint density at radius 2 is 1.92 bits per heavy atom. The van der Waals surface area contributed by atoms with Crippen molar-refractivity contribution in [1.82, 2.24) is 14.5 Å². The lowest BCUT2D eigenvalue weighted by Gasteiger charge is -2.05. The van der Waals surface area contributed by atoms with Gasteiger partial charge in [0.25, 0.3) is 0 Å². The van der Waals surface area contributed by atoms with E-state index in [1.807, 2.05) is 35.8 Å². The Kier molecular flexibility index (Phi) is 4.15. The Morgan fingerprint density at radius 3 is 2.68 bits per heavy atom. The molecule has 4 rings (SSSR count). The first-order valence-electron chi connectivity index (χ1n) is 7.87. The Balaban J connectivity index is 1.78. The third-order valence-corrected chi connectivity index (χ3v) is 5.79. The fourth-order valence-corrected chi connectivity index (χ4v) is 4.59. The molecule has 0 atom stereocenters. The van der Waals surface area contributed by atoms with Gasteiger partial charge in [0.05, 0.1) is 18.4 Å². The lowest BCUT2D eigenvalue weighted by molar-refractivity contribution is 0.416. The number of thiazole rings is 2. The summed E-state index contributed by atoms with van der Waals surface area (Å²) in [5.74, 6) is 0.844. The van der Waals surface area contributed by atoms with E-state index < -0.39 is 0 Å². The van der Waals surface area contributed by atoms with Crippen molar-refractivity contribution >= 4 is 22.7 Å². The fourth-order valence-electron chi connectivity index (χ4n) is 2.99. The first-order valence-corrected chi connectivity index (χ1v) is 9.63. The van der Waals surface area contributed by atoms with Gasteiger partial charge in [0.1, 0.15) is 10.8 Å². The first-order chi connectivity index (χ1) is 12.2. The van der Waals surface area contributed by atoms with E-state index in [1.165, 1.54) is 0 Å². The molecular formula is C19H17N3OS2. The predicted octanol–water partition coefficient (Wildman–Crippen LogP) is 5.35. The van der Waals surface area contributed by atoms with Crippen molar-refractivity contribution in [1.29, 1.82) is 0 Å². The van der Waals surface area contributed by atoms with Gasteiger partial charge in [-0.1, -0.05) is 12.1 Å². The van der Waals surface area contributed by atoms with Crippen LogP contribution in [-0.2, 0) is 0 Å². The maximum absolute atomic E-state index is 5.47. The van der Waals surface area contributed by atoms with Crippen LogP contribution in [0.1, 0.15) is 11.4 Å². The number of ether oxygens (including phenoxy) is 1. The number of para-hydroxylation sites is 1. The molecule has 0 bridgehead atoms. The quantitative estimate of drug-likeness (QED) is 0.488. The molecular weight excluding hydrogens is 350 g/mol. The first kappa shape index (κ1) is 16.1. The second-order valence-electron chi connectivity index (χ2n) is 5.67. The van der Waals surface area contributed by atoms with Crippen molar-refractivity contribution in [3.05, 3.63) is 58.7 Å². The van der Waals surface area contributed by atoms with E-state index in [1.54, 1.807) is 29.8 Å². The van der Waals surface area contributed by atoms with E-state index in [0.29, 0.717) is 0 Å². The monoisotopic (exact) mass is 367 g/mol. The number of hydrogen-bond acceptors (Lipinski definition) is 5. The van der Waals surface area contributed by atoms with E-state index in [-0.39, 0.29) is 0 Å². The zero-order chi connectivity index (χ0) is 17.4. The molecule has 0 N–H and O–H groups in total. The van der Waals surface area contributed by atoms with Gasteiger partial charge < -0.3 is 4.74 Å². The summed E-state index contributed by atoms with van der Waals surface area (Å²) in [7, 11) is 1.69. The van der Waals surface area contributed by atoms with Crippen LogP contribution in [-0.4, -0.2) is 21.6 Å². The minimum absolute atomic E-state index is 0.844. The largest absolute Gasteiger partial charge is 0.496 e. The lowest BCUT2D eigenvalue weighted by Crippen LogP contribution is -1.97. The summed E-state index contributed by atoms with van der Waals surface area (Å²) in [5, 5.41) is 6.06. The number of rotatable bonds is 4. The van der Waals surface area contributed by atoms with Crippen LogP contribution in [0.25, 0.3) is 27.0 Å². The van der Waals surface area contributed by atoms with Gasteiger partial charge >= 0.3 is 0 Å². The topological polar surface area (TPSA) is 39.9 Å². The molecule has 0 radical (unpaired) electrons. The fraction of sp³-hybridized carbons (Fsp3) is 0.158. The molecule has 126 valence electrons. The third-order valence-electron chi connectivity index (χ3n) is 4.16. The summed E-state index contributed by atoms with van der Waals surface area (Å²) in [6.07, 6.45) is 1.83. The van der Waals surface area contributed by atoms with Gasteiger partial charge in [-0.2, -0.15) is 0 Å². The van der Waals surface area contributed by atoms with Crippen molar-refractivity contribution in [2.75, 3.05) is 7.11 Å². The normalized spacial score (nSPS) is 11.0. The summed E-state index contributed by atoms with van der Waals surface area (Å²) >= 11 is 3.27. The number of aromatic nitrogens is 3. The van der Waals surface area contributed by atoms with Crippen LogP contribution in [0.15, 0.2) is 47.3 Å². The average molecular weight is 367 g/mol. The molecule has 0 saturated carbocycles. The zero-order valence-electron chi connectivity index (χ0n) is 14.2. The van der Waals surface area contributed by atoms with Gasteiger partial charge in [0, 0.05) is 33.9 Å². The van der Waals surface area contributed by atoms with Gasteiger partial charge in [-0.05, 0) is 32.0 Å². The predicted molar refractivity (Wildman–Crippen MR) is 104 cm³/mol. The summed E-state index contributed by atoms with van der Waals surface area (Å²) in [6, 6.07) is 10.2. The second-order valence-corrected chi connectivity index (χ2v) is 7.40. The molecule has 3 heterocycles. The SMILES string of the molecule is COc1ccccc1-c1nc(-c2cc(C)n(-c3nccs3)c2C)cs1. The Labute approximate surface area is 154 Å². The highest BCUT2D eigenvalue weighted by Crippen LogP contribution is 2.36. The van der Waals surface area contributed by atoms with E-state index in [9.17, 15) is 0 Å². The van der Waals surface area contributed by atoms with Crippen molar-refractivity contribution < 1.29 is 4.74 Å². The lowest BCUT2D eigenvalue weighted by atomic mass is 10.2. The molecule has 0 amide bonds. The number of benzene rings is 1. The molecule has 0 spiro atoms. The number of aryl methyl sites for hydroxylation is 1. The van der Waals surface area contributed by atoms with Gasteiger partial charge in [-0.3, -0.25) is 4.57 Å². The molecule has 25 heavy (non-hydrogen) atoms. The smallest absolute Gasteiger partial charge is 0.193 e. The summed E-state index contributed by atoms with van der Waals surface area (Å²) in [6.45, 7) is 4.22. The van der Waals surface area contributed by atoms with Crippen molar-refractivity contribution in [2.45, 2.75) is 13.8 Å². The average Bonchev–Trinajstić information content (AvgIpc) is 3.35. The molecule has 4 aromatic rings. The van der Waals surface area contributed by atoms with Gasteiger partial charge in [0.2, 0.25) is 0 Å². The van der Waals surface area contributed by atoms with Crippen LogP contribution in [0.2, 0.25) is 0 Å².